The molecule has 0 saturated carbocycles. The lowest BCUT2D eigenvalue weighted by molar-refractivity contribution is -0.123. The monoisotopic (exact) mass is 382 g/mol. The van der Waals surface area contributed by atoms with Gasteiger partial charge in [0, 0.05) is 5.69 Å². The van der Waals surface area contributed by atoms with E-state index in [0.717, 1.165) is 0 Å². The Morgan fingerprint density at radius 2 is 1.68 bits per heavy atom. The van der Waals surface area contributed by atoms with Gasteiger partial charge in [-0.25, -0.2) is 4.79 Å². The Hall–Kier alpha value is -3.53. The second kappa shape index (κ2) is 9.97. The Morgan fingerprint density at radius 1 is 1.04 bits per heavy atom. The molecule has 0 fully saturated rings. The number of benzene rings is 2. The maximum Gasteiger partial charge on any atom is 0.339 e. The van der Waals surface area contributed by atoms with Gasteiger partial charge in [-0.05, 0) is 63.2 Å². The summed E-state index contributed by atoms with van der Waals surface area (Å²) in [5.41, 5.74) is 1.25. The fourth-order valence-electron chi connectivity index (χ4n) is 2.33. The second-order valence-electron chi connectivity index (χ2n) is 5.75. The summed E-state index contributed by atoms with van der Waals surface area (Å²) in [6, 6.07) is 13.1. The summed E-state index contributed by atoms with van der Waals surface area (Å²) in [5.74, 6) is -0.151. The number of esters is 1. The number of amides is 1. The van der Waals surface area contributed by atoms with Crippen LogP contribution in [0.25, 0.3) is 0 Å². The first-order valence-corrected chi connectivity index (χ1v) is 8.90. The molecule has 0 bridgehead atoms. The first-order chi connectivity index (χ1) is 13.5. The van der Waals surface area contributed by atoms with E-state index in [1.165, 1.54) is 13.0 Å². The first-order valence-electron chi connectivity index (χ1n) is 8.90. The van der Waals surface area contributed by atoms with Crippen LogP contribution in [0.1, 0.15) is 36.7 Å². The minimum absolute atomic E-state index is 0.255. The summed E-state index contributed by atoms with van der Waals surface area (Å²) < 4.78 is 16.2. The molecular weight excluding hydrogens is 360 g/mol. The van der Waals surface area contributed by atoms with Gasteiger partial charge >= 0.3 is 5.97 Å². The second-order valence-corrected chi connectivity index (χ2v) is 5.75. The molecule has 0 radical (unpaired) electrons. The van der Waals surface area contributed by atoms with E-state index in [4.69, 9.17) is 19.5 Å². The number of nitrogens with one attached hydrogen (secondary N) is 1. The number of anilines is 1. The van der Waals surface area contributed by atoms with Crippen LogP contribution in [0.5, 0.6) is 11.5 Å². The molecule has 0 unspecified atom stereocenters. The van der Waals surface area contributed by atoms with E-state index in [0.29, 0.717) is 36.0 Å². The molecule has 1 atom stereocenters. The van der Waals surface area contributed by atoms with Crippen LogP contribution in [0.4, 0.5) is 5.69 Å². The van der Waals surface area contributed by atoms with Gasteiger partial charge in [0.25, 0.3) is 5.91 Å². The molecule has 28 heavy (non-hydrogen) atoms. The third-order valence-electron chi connectivity index (χ3n) is 3.71. The van der Waals surface area contributed by atoms with Crippen molar-refractivity contribution >= 4 is 17.6 Å². The fraction of sp³-hybridized carbons (Fsp3) is 0.286. The molecule has 0 aromatic heterocycles. The topological polar surface area (TPSA) is 97.6 Å². The van der Waals surface area contributed by atoms with Crippen LogP contribution >= 0.6 is 0 Å². The summed E-state index contributed by atoms with van der Waals surface area (Å²) in [4.78, 5) is 24.6. The van der Waals surface area contributed by atoms with Crippen molar-refractivity contribution < 1.29 is 23.8 Å². The van der Waals surface area contributed by atoms with Gasteiger partial charge in [0.2, 0.25) is 0 Å². The van der Waals surface area contributed by atoms with Crippen LogP contribution < -0.4 is 14.8 Å². The highest BCUT2D eigenvalue weighted by Gasteiger charge is 2.20. The van der Waals surface area contributed by atoms with Crippen LogP contribution in [-0.4, -0.2) is 31.2 Å². The van der Waals surface area contributed by atoms with Crippen molar-refractivity contribution in [1.82, 2.24) is 0 Å². The molecule has 0 saturated heterocycles. The average Bonchev–Trinajstić information content (AvgIpc) is 2.70. The molecule has 1 N–H and O–H groups in total. The molecular formula is C21H22N2O5. The van der Waals surface area contributed by atoms with E-state index < -0.39 is 18.0 Å². The van der Waals surface area contributed by atoms with Gasteiger partial charge in [0.1, 0.15) is 0 Å². The van der Waals surface area contributed by atoms with Crippen LogP contribution in [0.2, 0.25) is 0 Å². The predicted molar refractivity (Wildman–Crippen MR) is 103 cm³/mol. The van der Waals surface area contributed by atoms with E-state index in [9.17, 15) is 9.59 Å². The third-order valence-corrected chi connectivity index (χ3v) is 3.71. The third kappa shape index (κ3) is 5.48. The molecule has 2 rings (SSSR count). The number of nitriles is 1. The van der Waals surface area contributed by atoms with Gasteiger partial charge in [-0.15, -0.1) is 0 Å². The largest absolute Gasteiger partial charge is 0.490 e. The van der Waals surface area contributed by atoms with Crippen molar-refractivity contribution in [1.29, 1.82) is 5.26 Å². The Labute approximate surface area is 163 Å². The number of carbonyl (C=O) groups excluding carboxylic acids is 2. The molecule has 146 valence electrons. The highest BCUT2D eigenvalue weighted by atomic mass is 16.5. The van der Waals surface area contributed by atoms with Gasteiger partial charge in [0.05, 0.1) is 30.4 Å². The number of carbonyl (C=O) groups is 2. The lowest BCUT2D eigenvalue weighted by atomic mass is 10.2. The lowest BCUT2D eigenvalue weighted by Gasteiger charge is -2.15. The lowest BCUT2D eigenvalue weighted by Crippen LogP contribution is -2.30. The minimum Gasteiger partial charge on any atom is -0.490 e. The molecule has 1 amide bonds. The summed E-state index contributed by atoms with van der Waals surface area (Å²) in [7, 11) is 0. The maximum atomic E-state index is 12.4. The molecule has 0 aliphatic heterocycles. The van der Waals surface area contributed by atoms with Crippen molar-refractivity contribution in [3.63, 3.8) is 0 Å². The smallest absolute Gasteiger partial charge is 0.339 e. The van der Waals surface area contributed by atoms with E-state index in [1.54, 1.807) is 36.4 Å². The van der Waals surface area contributed by atoms with Gasteiger partial charge in [-0.2, -0.15) is 5.26 Å². The summed E-state index contributed by atoms with van der Waals surface area (Å²) in [5, 5.41) is 11.4. The summed E-state index contributed by atoms with van der Waals surface area (Å²) in [6.45, 7) is 6.05. The van der Waals surface area contributed by atoms with Crippen molar-refractivity contribution in [3.05, 3.63) is 53.6 Å². The zero-order valence-electron chi connectivity index (χ0n) is 16.0. The van der Waals surface area contributed by atoms with Gasteiger partial charge < -0.3 is 19.5 Å². The van der Waals surface area contributed by atoms with Gasteiger partial charge in [0.15, 0.2) is 17.6 Å². The van der Waals surface area contributed by atoms with Crippen LogP contribution in [0.3, 0.4) is 0 Å². The Balaban J connectivity index is 2.03. The average molecular weight is 382 g/mol. The fourth-order valence-corrected chi connectivity index (χ4v) is 2.33. The number of hydrogen-bond donors (Lipinski definition) is 1. The molecule has 2 aromatic rings. The SMILES string of the molecule is CCOc1ccc(C(=O)O[C@@H](C)C(=O)Nc2ccc(C#N)cc2)cc1OCC. The van der Waals surface area contributed by atoms with Crippen LogP contribution in [0.15, 0.2) is 42.5 Å². The maximum absolute atomic E-state index is 12.4. The quantitative estimate of drug-likeness (QED) is 0.701. The highest BCUT2D eigenvalue weighted by molar-refractivity contribution is 5.97. The minimum atomic E-state index is -1.01. The highest BCUT2D eigenvalue weighted by Crippen LogP contribution is 2.29. The van der Waals surface area contributed by atoms with Crippen LogP contribution in [-0.2, 0) is 9.53 Å². The summed E-state index contributed by atoms with van der Waals surface area (Å²) in [6.07, 6.45) is -1.01. The first kappa shape index (κ1) is 20.8. The molecule has 7 nitrogen and oxygen atoms in total. The van der Waals surface area contributed by atoms with Crippen molar-refractivity contribution in [2.24, 2.45) is 0 Å². The normalized spacial score (nSPS) is 11.1. The van der Waals surface area contributed by atoms with E-state index >= 15 is 0 Å². The van der Waals surface area contributed by atoms with Crippen LogP contribution in [0, 0.1) is 11.3 Å². The van der Waals surface area contributed by atoms with Crippen molar-refractivity contribution in [2.45, 2.75) is 26.9 Å². The number of nitrogens with zero attached hydrogens (tertiary/aromatic N) is 1. The number of ether oxygens (including phenoxy) is 3. The zero-order valence-corrected chi connectivity index (χ0v) is 16.0. The Morgan fingerprint density at radius 3 is 2.29 bits per heavy atom. The molecule has 0 heterocycles. The van der Waals surface area contributed by atoms with E-state index in [1.807, 2.05) is 19.9 Å². The Kier molecular flexibility index (Phi) is 7.40. The number of hydrogen-bond acceptors (Lipinski definition) is 6. The molecule has 0 aliphatic rings. The van der Waals surface area contributed by atoms with E-state index in [-0.39, 0.29) is 5.56 Å². The standard InChI is InChI=1S/C21H22N2O5/c1-4-26-18-11-8-16(12-19(18)27-5-2)21(25)28-14(3)20(24)23-17-9-6-15(13-22)7-10-17/h6-12,14H,4-5H2,1-3H3,(H,23,24)/t14-/m0/s1. The summed E-state index contributed by atoms with van der Waals surface area (Å²) >= 11 is 0. The van der Waals surface area contributed by atoms with Crippen molar-refractivity contribution in [2.75, 3.05) is 18.5 Å². The van der Waals surface area contributed by atoms with Gasteiger partial charge in [-0.3, -0.25) is 4.79 Å². The Bertz CT molecular complexity index is 871. The molecule has 0 aliphatic carbocycles. The molecule has 7 heteroatoms. The van der Waals surface area contributed by atoms with Crippen molar-refractivity contribution in [3.8, 4) is 17.6 Å². The number of rotatable bonds is 8. The van der Waals surface area contributed by atoms with Gasteiger partial charge in [-0.1, -0.05) is 0 Å². The zero-order chi connectivity index (χ0) is 20.5. The predicted octanol–water partition coefficient (Wildman–Crippen LogP) is 3.54. The molecule has 2 aromatic carbocycles. The van der Waals surface area contributed by atoms with E-state index in [2.05, 4.69) is 5.32 Å². The molecule has 0 spiro atoms.